The zero-order chi connectivity index (χ0) is 12.7. The molecule has 0 heterocycles. The van der Waals surface area contributed by atoms with Gasteiger partial charge in [0.1, 0.15) is 5.82 Å². The van der Waals surface area contributed by atoms with E-state index in [1.54, 1.807) is 6.07 Å². The van der Waals surface area contributed by atoms with Crippen molar-refractivity contribution in [1.82, 2.24) is 5.32 Å². The molecule has 0 saturated carbocycles. The molecule has 0 aromatic heterocycles. The average molecular weight is 255 g/mol. The first kappa shape index (κ1) is 14.0. The first-order valence-electron chi connectivity index (χ1n) is 5.77. The number of thioether (sulfide) groups is 1. The van der Waals surface area contributed by atoms with Gasteiger partial charge in [-0.2, -0.15) is 0 Å². The van der Waals surface area contributed by atoms with Gasteiger partial charge in [-0.05, 0) is 31.0 Å². The van der Waals surface area contributed by atoms with Crippen molar-refractivity contribution >= 4 is 17.7 Å². The maximum Gasteiger partial charge on any atom is 0.232 e. The Balaban J connectivity index is 2.37. The number of carbonyl (C=O) groups excluding carboxylic acids is 1. The monoisotopic (exact) mass is 255 g/mol. The van der Waals surface area contributed by atoms with Gasteiger partial charge in [0.25, 0.3) is 0 Å². The summed E-state index contributed by atoms with van der Waals surface area (Å²) in [7, 11) is 0. The van der Waals surface area contributed by atoms with Gasteiger partial charge < -0.3 is 5.32 Å². The lowest BCUT2D eigenvalue weighted by Crippen LogP contribution is -2.31. The van der Waals surface area contributed by atoms with E-state index in [1.165, 1.54) is 23.9 Å². The van der Waals surface area contributed by atoms with E-state index in [2.05, 4.69) is 5.32 Å². The van der Waals surface area contributed by atoms with Gasteiger partial charge in [-0.1, -0.05) is 19.1 Å². The van der Waals surface area contributed by atoms with E-state index < -0.39 is 0 Å². The summed E-state index contributed by atoms with van der Waals surface area (Å²) < 4.78 is 12.9. The smallest absolute Gasteiger partial charge is 0.232 e. The molecule has 2 nitrogen and oxygen atoms in total. The number of benzene rings is 1. The lowest BCUT2D eigenvalue weighted by molar-refractivity contribution is -0.120. The molecule has 1 aromatic carbocycles. The van der Waals surface area contributed by atoms with Crippen LogP contribution in [0.3, 0.4) is 0 Å². The quantitative estimate of drug-likeness (QED) is 0.846. The van der Waals surface area contributed by atoms with Crippen LogP contribution in [0.4, 0.5) is 4.39 Å². The molecule has 1 rings (SSSR count). The van der Waals surface area contributed by atoms with Crippen LogP contribution in [-0.4, -0.2) is 17.7 Å². The van der Waals surface area contributed by atoms with E-state index in [0.29, 0.717) is 12.3 Å². The van der Waals surface area contributed by atoms with E-state index in [-0.39, 0.29) is 17.0 Å². The molecule has 17 heavy (non-hydrogen) atoms. The number of halogens is 1. The Morgan fingerprint density at radius 3 is 2.94 bits per heavy atom. The fourth-order valence-corrected chi connectivity index (χ4v) is 2.17. The Morgan fingerprint density at radius 1 is 1.53 bits per heavy atom. The molecule has 1 aromatic rings. The molecular weight excluding hydrogens is 237 g/mol. The van der Waals surface area contributed by atoms with Gasteiger partial charge in [0.15, 0.2) is 0 Å². The van der Waals surface area contributed by atoms with Crippen LogP contribution < -0.4 is 5.32 Å². The molecule has 0 aliphatic heterocycles. The second-order valence-corrected chi connectivity index (χ2v) is 5.20. The molecule has 4 heteroatoms. The van der Waals surface area contributed by atoms with Crippen LogP contribution in [0.15, 0.2) is 24.3 Å². The Bertz CT molecular complexity index is 370. The van der Waals surface area contributed by atoms with Crippen LogP contribution >= 0.6 is 11.8 Å². The largest absolute Gasteiger partial charge is 0.355 e. The van der Waals surface area contributed by atoms with Crippen molar-refractivity contribution in [1.29, 1.82) is 0 Å². The van der Waals surface area contributed by atoms with Crippen molar-refractivity contribution in [2.75, 3.05) is 6.54 Å². The Morgan fingerprint density at radius 2 is 2.29 bits per heavy atom. The van der Waals surface area contributed by atoms with E-state index in [0.717, 1.165) is 12.0 Å². The average Bonchev–Trinajstić information content (AvgIpc) is 2.33. The number of carbonyl (C=O) groups is 1. The van der Waals surface area contributed by atoms with Gasteiger partial charge in [-0.3, -0.25) is 4.79 Å². The second-order valence-electron chi connectivity index (χ2n) is 3.87. The molecule has 0 bridgehead atoms. The van der Waals surface area contributed by atoms with Gasteiger partial charge in [0.05, 0.1) is 5.25 Å². The van der Waals surface area contributed by atoms with E-state index in [9.17, 15) is 9.18 Å². The van der Waals surface area contributed by atoms with Gasteiger partial charge in [0, 0.05) is 12.3 Å². The third kappa shape index (κ3) is 5.22. The maximum atomic E-state index is 12.9. The summed E-state index contributed by atoms with van der Waals surface area (Å²) in [5.41, 5.74) is 0.908. The summed E-state index contributed by atoms with van der Waals surface area (Å²) in [5, 5.41) is 2.74. The number of nitrogens with one attached hydrogen (secondary N) is 1. The molecule has 1 N–H and O–H groups in total. The molecular formula is C13H18FNOS. The van der Waals surface area contributed by atoms with Gasteiger partial charge >= 0.3 is 0 Å². The fourth-order valence-electron chi connectivity index (χ4n) is 1.32. The molecule has 94 valence electrons. The standard InChI is InChI=1S/C13H18FNOS/c1-3-7-15-13(16)10(2)17-9-11-5-4-6-12(14)8-11/h4-6,8,10H,3,7,9H2,1-2H3,(H,15,16). The van der Waals surface area contributed by atoms with Crippen LogP contribution in [-0.2, 0) is 10.5 Å². The molecule has 0 spiro atoms. The van der Waals surface area contributed by atoms with Crippen LogP contribution in [0.5, 0.6) is 0 Å². The summed E-state index contributed by atoms with van der Waals surface area (Å²) in [5.74, 6) is 0.470. The Kier molecular flexibility index (Phi) is 6.05. The van der Waals surface area contributed by atoms with Gasteiger partial charge in [-0.25, -0.2) is 4.39 Å². The number of rotatable bonds is 6. The minimum atomic E-state index is -0.230. The van der Waals surface area contributed by atoms with E-state index in [1.807, 2.05) is 19.9 Å². The molecule has 0 saturated heterocycles. The summed E-state index contributed by atoms with van der Waals surface area (Å²) in [6.07, 6.45) is 0.938. The molecule has 1 atom stereocenters. The Hall–Kier alpha value is -1.03. The normalized spacial score (nSPS) is 12.2. The lowest BCUT2D eigenvalue weighted by atomic mass is 10.2. The van der Waals surface area contributed by atoms with Crippen molar-refractivity contribution < 1.29 is 9.18 Å². The molecule has 1 amide bonds. The Labute approximate surface area is 106 Å². The van der Waals surface area contributed by atoms with Crippen molar-refractivity contribution in [3.63, 3.8) is 0 Å². The molecule has 0 aliphatic carbocycles. The summed E-state index contributed by atoms with van der Waals surface area (Å²) in [6.45, 7) is 4.60. The predicted octanol–water partition coefficient (Wildman–Crippen LogP) is 2.97. The minimum Gasteiger partial charge on any atom is -0.355 e. The van der Waals surface area contributed by atoms with Crippen molar-refractivity contribution in [3.8, 4) is 0 Å². The van der Waals surface area contributed by atoms with Crippen LogP contribution in [0.25, 0.3) is 0 Å². The van der Waals surface area contributed by atoms with Crippen molar-refractivity contribution in [2.24, 2.45) is 0 Å². The van der Waals surface area contributed by atoms with Crippen molar-refractivity contribution in [3.05, 3.63) is 35.6 Å². The number of hydrogen-bond acceptors (Lipinski definition) is 2. The highest BCUT2D eigenvalue weighted by molar-refractivity contribution is 7.99. The lowest BCUT2D eigenvalue weighted by Gasteiger charge is -2.11. The van der Waals surface area contributed by atoms with Crippen molar-refractivity contribution in [2.45, 2.75) is 31.3 Å². The van der Waals surface area contributed by atoms with E-state index >= 15 is 0 Å². The van der Waals surface area contributed by atoms with Gasteiger partial charge in [0.2, 0.25) is 5.91 Å². The SMILES string of the molecule is CCCNC(=O)C(C)SCc1cccc(F)c1. The second kappa shape index (κ2) is 7.33. The number of hydrogen-bond donors (Lipinski definition) is 1. The molecule has 0 fully saturated rings. The third-order valence-corrected chi connectivity index (χ3v) is 3.52. The predicted molar refractivity (Wildman–Crippen MR) is 70.5 cm³/mol. The van der Waals surface area contributed by atoms with Crippen LogP contribution in [0, 0.1) is 5.82 Å². The minimum absolute atomic E-state index is 0.0493. The summed E-state index contributed by atoms with van der Waals surface area (Å²) in [4.78, 5) is 11.6. The van der Waals surface area contributed by atoms with Crippen LogP contribution in [0.2, 0.25) is 0 Å². The highest BCUT2D eigenvalue weighted by Gasteiger charge is 2.12. The van der Waals surface area contributed by atoms with Gasteiger partial charge in [-0.15, -0.1) is 11.8 Å². The molecule has 0 radical (unpaired) electrons. The highest BCUT2D eigenvalue weighted by atomic mass is 32.2. The maximum absolute atomic E-state index is 12.9. The fraction of sp³-hybridized carbons (Fsp3) is 0.462. The molecule has 0 aliphatic rings. The summed E-state index contributed by atoms with van der Waals surface area (Å²) >= 11 is 1.52. The topological polar surface area (TPSA) is 29.1 Å². The number of amides is 1. The third-order valence-electron chi connectivity index (χ3n) is 2.31. The zero-order valence-electron chi connectivity index (χ0n) is 10.2. The zero-order valence-corrected chi connectivity index (χ0v) is 11.0. The summed E-state index contributed by atoms with van der Waals surface area (Å²) in [6, 6.07) is 6.48. The first-order valence-corrected chi connectivity index (χ1v) is 6.82. The van der Waals surface area contributed by atoms with E-state index in [4.69, 9.17) is 0 Å². The first-order chi connectivity index (χ1) is 8.13. The van der Waals surface area contributed by atoms with Crippen LogP contribution in [0.1, 0.15) is 25.8 Å². The molecule has 1 unspecified atom stereocenters. The highest BCUT2D eigenvalue weighted by Crippen LogP contribution is 2.18.